The van der Waals surface area contributed by atoms with Crippen LogP contribution in [0.1, 0.15) is 18.4 Å². The van der Waals surface area contributed by atoms with Crippen LogP contribution in [0.2, 0.25) is 0 Å². The monoisotopic (exact) mass is 327 g/mol. The van der Waals surface area contributed by atoms with E-state index in [1.54, 1.807) is 0 Å². The molecule has 0 radical (unpaired) electrons. The molecular formula is C12H13F4NO3S. The molecule has 0 aromatic heterocycles. The van der Waals surface area contributed by atoms with Gasteiger partial charge in [-0.1, -0.05) is 0 Å². The fourth-order valence-electron chi connectivity index (χ4n) is 1.79. The lowest BCUT2D eigenvalue weighted by Gasteiger charge is -2.14. The number of alkyl halides is 3. The van der Waals surface area contributed by atoms with Crippen molar-refractivity contribution in [1.82, 2.24) is 4.72 Å². The largest absolute Gasteiger partial charge is 0.419 e. The minimum Gasteiger partial charge on any atom is -0.396 e. The van der Waals surface area contributed by atoms with Crippen LogP contribution in [-0.2, 0) is 16.2 Å². The average molecular weight is 327 g/mol. The standard InChI is InChI=1S/C12H13F4NO3S/c13-10-2-1-8(5-9(10)12(14,15)16)21(19,20)17-6-11(7-18)3-4-11/h1-2,5,17-18H,3-4,6-7H2. The second kappa shape index (κ2) is 5.22. The SMILES string of the molecule is O=S(=O)(NCC1(CO)CC1)c1ccc(F)c(C(F)(F)F)c1. The van der Waals surface area contributed by atoms with Gasteiger partial charge in [-0.15, -0.1) is 0 Å². The average Bonchev–Trinajstić information content (AvgIpc) is 3.16. The topological polar surface area (TPSA) is 66.4 Å². The van der Waals surface area contributed by atoms with Crippen LogP contribution in [-0.4, -0.2) is 26.7 Å². The van der Waals surface area contributed by atoms with E-state index < -0.39 is 37.9 Å². The summed E-state index contributed by atoms with van der Waals surface area (Å²) in [4.78, 5) is -0.662. The first-order chi connectivity index (χ1) is 9.60. The molecule has 0 aliphatic heterocycles. The number of benzene rings is 1. The molecule has 1 fully saturated rings. The molecule has 0 bridgehead atoms. The van der Waals surface area contributed by atoms with E-state index in [2.05, 4.69) is 4.72 Å². The van der Waals surface area contributed by atoms with Crippen LogP contribution < -0.4 is 4.72 Å². The Bertz CT molecular complexity index is 638. The van der Waals surface area contributed by atoms with Crippen molar-refractivity contribution in [1.29, 1.82) is 0 Å². The zero-order chi connectivity index (χ0) is 15.9. The third-order valence-corrected chi connectivity index (χ3v) is 4.88. The Labute approximate surface area is 118 Å². The second-order valence-corrected chi connectivity index (χ2v) is 6.89. The Morgan fingerprint density at radius 1 is 1.29 bits per heavy atom. The summed E-state index contributed by atoms with van der Waals surface area (Å²) in [5.41, 5.74) is -2.16. The molecule has 1 saturated carbocycles. The predicted molar refractivity (Wildman–Crippen MR) is 65.3 cm³/mol. The number of rotatable bonds is 5. The van der Waals surface area contributed by atoms with Crippen molar-refractivity contribution in [3.8, 4) is 0 Å². The van der Waals surface area contributed by atoms with Gasteiger partial charge < -0.3 is 5.11 Å². The van der Waals surface area contributed by atoms with Crippen molar-refractivity contribution >= 4 is 10.0 Å². The number of hydrogen-bond acceptors (Lipinski definition) is 3. The number of aliphatic hydroxyl groups is 1. The number of sulfonamides is 1. The molecule has 0 saturated heterocycles. The fourth-order valence-corrected chi connectivity index (χ4v) is 2.97. The van der Waals surface area contributed by atoms with E-state index in [4.69, 9.17) is 5.11 Å². The predicted octanol–water partition coefficient (Wildman–Crippen LogP) is 1.90. The lowest BCUT2D eigenvalue weighted by molar-refractivity contribution is -0.140. The van der Waals surface area contributed by atoms with Gasteiger partial charge in [0, 0.05) is 18.6 Å². The Kier molecular flexibility index (Phi) is 4.02. The Morgan fingerprint density at radius 2 is 1.90 bits per heavy atom. The quantitative estimate of drug-likeness (QED) is 0.812. The van der Waals surface area contributed by atoms with Crippen LogP contribution in [0.5, 0.6) is 0 Å². The third-order valence-electron chi connectivity index (χ3n) is 3.48. The normalized spacial score (nSPS) is 17.8. The molecule has 2 N–H and O–H groups in total. The van der Waals surface area contributed by atoms with Gasteiger partial charge in [0.15, 0.2) is 0 Å². The van der Waals surface area contributed by atoms with Gasteiger partial charge in [0.25, 0.3) is 0 Å². The number of hydrogen-bond donors (Lipinski definition) is 2. The highest BCUT2D eigenvalue weighted by Crippen LogP contribution is 2.44. The van der Waals surface area contributed by atoms with Crippen LogP contribution >= 0.6 is 0 Å². The minimum atomic E-state index is -4.97. The van der Waals surface area contributed by atoms with Gasteiger partial charge in [-0.25, -0.2) is 17.5 Å². The molecule has 1 aliphatic rings. The smallest absolute Gasteiger partial charge is 0.396 e. The molecule has 21 heavy (non-hydrogen) atoms. The van der Waals surface area contributed by atoms with E-state index in [0.29, 0.717) is 18.9 Å². The zero-order valence-corrected chi connectivity index (χ0v) is 11.6. The third kappa shape index (κ3) is 3.53. The van der Waals surface area contributed by atoms with Gasteiger partial charge >= 0.3 is 6.18 Å². The van der Waals surface area contributed by atoms with Crippen molar-refractivity contribution < 1.29 is 31.1 Å². The summed E-state index contributed by atoms with van der Waals surface area (Å²) in [6.07, 6.45) is -3.69. The van der Waals surface area contributed by atoms with E-state index in [9.17, 15) is 26.0 Å². The second-order valence-electron chi connectivity index (χ2n) is 5.12. The summed E-state index contributed by atoms with van der Waals surface area (Å²) >= 11 is 0. The highest BCUT2D eigenvalue weighted by atomic mass is 32.2. The zero-order valence-electron chi connectivity index (χ0n) is 10.7. The lowest BCUT2D eigenvalue weighted by Crippen LogP contribution is -2.32. The molecule has 0 atom stereocenters. The number of aliphatic hydroxyl groups excluding tert-OH is 1. The highest BCUT2D eigenvalue weighted by molar-refractivity contribution is 7.89. The first-order valence-electron chi connectivity index (χ1n) is 6.07. The molecule has 1 aliphatic carbocycles. The van der Waals surface area contributed by atoms with E-state index in [-0.39, 0.29) is 19.2 Å². The Morgan fingerprint density at radius 3 is 2.38 bits per heavy atom. The van der Waals surface area contributed by atoms with Gasteiger partial charge in [-0.2, -0.15) is 13.2 Å². The minimum absolute atomic E-state index is 0.0649. The van der Waals surface area contributed by atoms with Crippen molar-refractivity contribution in [3.05, 3.63) is 29.6 Å². The van der Waals surface area contributed by atoms with E-state index >= 15 is 0 Å². The summed E-state index contributed by atoms with van der Waals surface area (Å²) in [6, 6.07) is 1.50. The molecule has 118 valence electrons. The van der Waals surface area contributed by atoms with Gasteiger partial charge in [0.1, 0.15) is 5.82 Å². The molecule has 0 unspecified atom stereocenters. The van der Waals surface area contributed by atoms with Gasteiger partial charge in [0.2, 0.25) is 10.0 Å². The first kappa shape index (κ1) is 16.2. The number of halogens is 4. The molecule has 0 heterocycles. The summed E-state index contributed by atoms with van der Waals surface area (Å²) in [6.45, 7) is -0.267. The Hall–Kier alpha value is -1.19. The molecule has 2 rings (SSSR count). The van der Waals surface area contributed by atoms with Crippen molar-refractivity contribution in [2.24, 2.45) is 5.41 Å². The molecule has 4 nitrogen and oxygen atoms in total. The van der Waals surface area contributed by atoms with Crippen molar-refractivity contribution in [2.45, 2.75) is 23.9 Å². The van der Waals surface area contributed by atoms with E-state index in [1.165, 1.54) is 0 Å². The van der Waals surface area contributed by atoms with Gasteiger partial charge in [0.05, 0.1) is 10.5 Å². The molecule has 1 aromatic rings. The fraction of sp³-hybridized carbons (Fsp3) is 0.500. The van der Waals surface area contributed by atoms with Crippen LogP contribution in [0.25, 0.3) is 0 Å². The molecular weight excluding hydrogens is 314 g/mol. The summed E-state index contributed by atoms with van der Waals surface area (Å²) in [5.74, 6) is -1.53. The molecule has 1 aromatic carbocycles. The molecule has 0 spiro atoms. The van der Waals surface area contributed by atoms with Crippen molar-refractivity contribution in [3.63, 3.8) is 0 Å². The van der Waals surface area contributed by atoms with Crippen LogP contribution in [0.4, 0.5) is 17.6 Å². The Balaban J connectivity index is 2.24. The van der Waals surface area contributed by atoms with E-state index in [1.807, 2.05) is 0 Å². The summed E-state index contributed by atoms with van der Waals surface area (Å²) in [7, 11) is -4.19. The van der Waals surface area contributed by atoms with Crippen LogP contribution in [0.15, 0.2) is 23.1 Å². The van der Waals surface area contributed by atoms with E-state index in [0.717, 1.165) is 6.07 Å². The number of nitrogens with one attached hydrogen (secondary N) is 1. The maximum absolute atomic E-state index is 13.1. The van der Waals surface area contributed by atoms with Crippen molar-refractivity contribution in [2.75, 3.05) is 13.2 Å². The first-order valence-corrected chi connectivity index (χ1v) is 7.55. The summed E-state index contributed by atoms with van der Waals surface area (Å²) < 4.78 is 76.8. The van der Waals surface area contributed by atoms with Gasteiger partial charge in [-0.05, 0) is 31.0 Å². The van der Waals surface area contributed by atoms with Crippen LogP contribution in [0.3, 0.4) is 0 Å². The summed E-state index contributed by atoms with van der Waals surface area (Å²) in [5, 5.41) is 9.08. The lowest BCUT2D eigenvalue weighted by atomic mass is 10.1. The maximum Gasteiger partial charge on any atom is 0.419 e. The molecule has 0 amide bonds. The van der Waals surface area contributed by atoms with Crippen LogP contribution in [0, 0.1) is 11.2 Å². The maximum atomic E-state index is 13.1. The highest BCUT2D eigenvalue weighted by Gasteiger charge is 2.43. The molecule has 9 heteroatoms. The van der Waals surface area contributed by atoms with Gasteiger partial charge in [-0.3, -0.25) is 0 Å².